The first kappa shape index (κ1) is 20.5. The van der Waals surface area contributed by atoms with Crippen molar-refractivity contribution >= 4 is 11.9 Å². The molecule has 0 atom stereocenters. The number of para-hydroxylation sites is 1. The van der Waals surface area contributed by atoms with Crippen LogP contribution in [0.4, 0.5) is 36.4 Å². The van der Waals surface area contributed by atoms with Gasteiger partial charge in [0.05, 0.1) is 11.3 Å². The third kappa shape index (κ3) is 5.35. The molecule has 0 heterocycles. The van der Waals surface area contributed by atoms with Gasteiger partial charge >= 0.3 is 18.5 Å². The highest BCUT2D eigenvalue weighted by molar-refractivity contribution is 5.85. The van der Waals surface area contributed by atoms with E-state index in [-0.39, 0.29) is 17.0 Å². The maximum absolute atomic E-state index is 13.1. The summed E-state index contributed by atoms with van der Waals surface area (Å²) in [5.74, 6) is -5.76. The van der Waals surface area contributed by atoms with Crippen molar-refractivity contribution in [2.45, 2.75) is 18.5 Å². The second kappa shape index (κ2) is 7.85. The normalized spacial score (nSPS) is 12.7. The van der Waals surface area contributed by atoms with E-state index < -0.39 is 36.4 Å². The smallest absolute Gasteiger partial charge is 0.420 e. The summed E-state index contributed by atoms with van der Waals surface area (Å²) < 4.78 is 93.7. The molecule has 146 valence electrons. The van der Waals surface area contributed by atoms with Gasteiger partial charge in [0, 0.05) is 11.8 Å². The molecule has 0 aliphatic carbocycles. The fourth-order valence-electron chi connectivity index (χ4n) is 1.92. The number of ether oxygens (including phenoxy) is 1. The van der Waals surface area contributed by atoms with E-state index >= 15 is 0 Å². The summed E-state index contributed by atoms with van der Waals surface area (Å²) in [5, 5.41) is 9.58. The summed E-state index contributed by atoms with van der Waals surface area (Å²) in [5.41, 5.74) is -1.42. The fourth-order valence-corrected chi connectivity index (χ4v) is 1.92. The third-order valence-corrected chi connectivity index (χ3v) is 3.30. The molecular weight excluding hydrogens is 383 g/mol. The van der Waals surface area contributed by atoms with Crippen molar-refractivity contribution in [1.29, 1.82) is 0 Å². The lowest BCUT2D eigenvalue weighted by Gasteiger charge is -2.19. The molecular formula is C17H12F7NO2. The van der Waals surface area contributed by atoms with Crippen molar-refractivity contribution in [2.75, 3.05) is 6.61 Å². The first-order valence-electron chi connectivity index (χ1n) is 7.33. The SMILES string of the molecule is Oc1ccccc1C=Nc1ccc(OCC(F)(F)C(F)F)c(C(F)(F)F)c1. The Bertz CT molecular complexity index is 819. The highest BCUT2D eigenvalue weighted by atomic mass is 19.4. The Morgan fingerprint density at radius 3 is 2.30 bits per heavy atom. The van der Waals surface area contributed by atoms with E-state index in [1.165, 1.54) is 18.2 Å². The zero-order valence-electron chi connectivity index (χ0n) is 13.4. The number of benzene rings is 2. The summed E-state index contributed by atoms with van der Waals surface area (Å²) >= 11 is 0. The number of hydrogen-bond acceptors (Lipinski definition) is 3. The van der Waals surface area contributed by atoms with Gasteiger partial charge in [0.25, 0.3) is 0 Å². The van der Waals surface area contributed by atoms with Gasteiger partial charge in [-0.15, -0.1) is 0 Å². The van der Waals surface area contributed by atoms with E-state index in [0.29, 0.717) is 12.1 Å². The van der Waals surface area contributed by atoms with Crippen LogP contribution in [0.25, 0.3) is 0 Å². The van der Waals surface area contributed by atoms with Gasteiger partial charge < -0.3 is 9.84 Å². The van der Waals surface area contributed by atoms with Crippen molar-refractivity contribution in [1.82, 2.24) is 0 Å². The minimum Gasteiger partial charge on any atom is -0.507 e. The Morgan fingerprint density at radius 1 is 1.04 bits per heavy atom. The quantitative estimate of drug-likeness (QED) is 0.523. The van der Waals surface area contributed by atoms with Gasteiger partial charge in [-0.1, -0.05) is 12.1 Å². The van der Waals surface area contributed by atoms with Gasteiger partial charge in [0.2, 0.25) is 0 Å². The standard InChI is InChI=1S/C17H12F7NO2/c18-15(19)16(20,21)9-27-14-6-5-11(7-12(14)17(22,23)24)25-8-10-3-1-2-4-13(10)26/h1-8,15,26H,9H2. The number of halogens is 7. The number of aromatic hydroxyl groups is 1. The van der Waals surface area contributed by atoms with Crippen LogP contribution < -0.4 is 4.74 Å². The molecule has 2 rings (SSSR count). The molecule has 0 unspecified atom stereocenters. The molecule has 2 aromatic rings. The second-order valence-electron chi connectivity index (χ2n) is 5.35. The molecule has 0 spiro atoms. The molecule has 3 nitrogen and oxygen atoms in total. The molecule has 0 saturated carbocycles. The number of phenols is 1. The van der Waals surface area contributed by atoms with Crippen molar-refractivity contribution in [2.24, 2.45) is 4.99 Å². The first-order chi connectivity index (χ1) is 12.5. The maximum atomic E-state index is 13.1. The molecule has 1 N–H and O–H groups in total. The Kier molecular flexibility index (Phi) is 5.97. The van der Waals surface area contributed by atoms with Crippen molar-refractivity contribution in [3.63, 3.8) is 0 Å². The van der Waals surface area contributed by atoms with E-state index in [4.69, 9.17) is 0 Å². The van der Waals surface area contributed by atoms with Crippen LogP contribution in [-0.4, -0.2) is 30.3 Å². The van der Waals surface area contributed by atoms with Gasteiger partial charge in [-0.3, -0.25) is 4.99 Å². The minimum atomic E-state index is -4.99. The molecule has 0 aliphatic heterocycles. The van der Waals surface area contributed by atoms with E-state index in [0.717, 1.165) is 12.3 Å². The fraction of sp³-hybridized carbons (Fsp3) is 0.235. The van der Waals surface area contributed by atoms with Crippen LogP contribution in [0.5, 0.6) is 11.5 Å². The van der Waals surface area contributed by atoms with Gasteiger partial charge in [0.1, 0.15) is 11.5 Å². The average Bonchev–Trinajstić information content (AvgIpc) is 2.58. The summed E-state index contributed by atoms with van der Waals surface area (Å²) in [6.07, 6.45) is -7.96. The summed E-state index contributed by atoms with van der Waals surface area (Å²) in [6.45, 7) is -1.91. The van der Waals surface area contributed by atoms with E-state index in [1.807, 2.05) is 0 Å². The summed E-state index contributed by atoms with van der Waals surface area (Å²) in [6, 6.07) is 8.18. The molecule has 0 amide bonds. The first-order valence-corrected chi connectivity index (χ1v) is 7.33. The van der Waals surface area contributed by atoms with Gasteiger partial charge in [-0.25, -0.2) is 8.78 Å². The lowest BCUT2D eigenvalue weighted by molar-refractivity contribution is -0.153. The highest BCUT2D eigenvalue weighted by Gasteiger charge is 2.43. The van der Waals surface area contributed by atoms with Crippen LogP contribution in [0.15, 0.2) is 47.5 Å². The van der Waals surface area contributed by atoms with E-state index in [1.54, 1.807) is 6.07 Å². The Balaban J connectivity index is 2.29. The molecule has 0 aliphatic rings. The number of nitrogens with zero attached hydrogens (tertiary/aromatic N) is 1. The lowest BCUT2D eigenvalue weighted by Crippen LogP contribution is -2.34. The van der Waals surface area contributed by atoms with E-state index in [9.17, 15) is 35.8 Å². The Hall–Kier alpha value is -2.78. The van der Waals surface area contributed by atoms with Crippen molar-refractivity contribution in [3.8, 4) is 11.5 Å². The number of aliphatic imine (C=N–C) groups is 1. The predicted octanol–water partition coefficient (Wildman–Crippen LogP) is 5.44. The number of hydrogen-bond donors (Lipinski definition) is 1. The third-order valence-electron chi connectivity index (χ3n) is 3.30. The van der Waals surface area contributed by atoms with Crippen molar-refractivity contribution < 1.29 is 40.6 Å². The molecule has 0 aromatic heterocycles. The lowest BCUT2D eigenvalue weighted by atomic mass is 10.1. The molecule has 27 heavy (non-hydrogen) atoms. The number of alkyl halides is 7. The topological polar surface area (TPSA) is 41.8 Å². The monoisotopic (exact) mass is 395 g/mol. The van der Waals surface area contributed by atoms with Crippen LogP contribution in [0.2, 0.25) is 0 Å². The van der Waals surface area contributed by atoms with Crippen LogP contribution >= 0.6 is 0 Å². The zero-order valence-corrected chi connectivity index (χ0v) is 13.4. The molecule has 2 aromatic carbocycles. The van der Waals surface area contributed by atoms with E-state index in [2.05, 4.69) is 9.73 Å². The molecule has 0 saturated heterocycles. The number of rotatable bonds is 6. The molecule has 0 radical (unpaired) electrons. The number of phenolic OH excluding ortho intramolecular Hbond substituents is 1. The Morgan fingerprint density at radius 2 is 1.70 bits per heavy atom. The summed E-state index contributed by atoms with van der Waals surface area (Å²) in [4.78, 5) is 3.78. The van der Waals surface area contributed by atoms with Gasteiger partial charge in [-0.2, -0.15) is 22.0 Å². The zero-order chi connectivity index (χ0) is 20.2. The van der Waals surface area contributed by atoms with Crippen LogP contribution in [0.1, 0.15) is 11.1 Å². The second-order valence-corrected chi connectivity index (χ2v) is 5.35. The molecule has 0 fully saturated rings. The van der Waals surface area contributed by atoms with Gasteiger partial charge in [0.15, 0.2) is 6.61 Å². The summed E-state index contributed by atoms with van der Waals surface area (Å²) in [7, 11) is 0. The van der Waals surface area contributed by atoms with Gasteiger partial charge in [-0.05, 0) is 30.3 Å². The van der Waals surface area contributed by atoms with Crippen molar-refractivity contribution in [3.05, 3.63) is 53.6 Å². The minimum absolute atomic E-state index is 0.147. The van der Waals surface area contributed by atoms with Crippen LogP contribution in [0, 0.1) is 0 Å². The maximum Gasteiger partial charge on any atom is 0.420 e. The molecule has 10 heteroatoms. The van der Waals surface area contributed by atoms with Crippen LogP contribution in [-0.2, 0) is 6.18 Å². The van der Waals surface area contributed by atoms with Crippen LogP contribution in [0.3, 0.4) is 0 Å². The average molecular weight is 395 g/mol. The predicted molar refractivity (Wildman–Crippen MR) is 83.3 cm³/mol. The highest BCUT2D eigenvalue weighted by Crippen LogP contribution is 2.39. The molecule has 0 bridgehead atoms. The Labute approximate surface area is 148 Å². The largest absolute Gasteiger partial charge is 0.507 e.